The molecule has 0 aromatic heterocycles. The lowest BCUT2D eigenvalue weighted by Crippen LogP contribution is -2.52. The van der Waals surface area contributed by atoms with E-state index >= 15 is 0 Å². The molecule has 1 aliphatic rings. The van der Waals surface area contributed by atoms with Crippen molar-refractivity contribution in [1.29, 1.82) is 0 Å². The first-order valence-corrected chi connectivity index (χ1v) is 6.94. The molecular weight excluding hydrogens is 250 g/mol. The van der Waals surface area contributed by atoms with Crippen LogP contribution in [-0.4, -0.2) is 42.9 Å². The number of amides is 1. The third kappa shape index (κ3) is 6.32. The van der Waals surface area contributed by atoms with Gasteiger partial charge in [-0.1, -0.05) is 20.8 Å². The fourth-order valence-electron chi connectivity index (χ4n) is 2.88. The molecule has 1 heterocycles. The van der Waals surface area contributed by atoms with Crippen LogP contribution in [0.1, 0.15) is 40.5 Å². The maximum absolute atomic E-state index is 12.3. The Bertz CT molecular complexity index is 302. The summed E-state index contributed by atoms with van der Waals surface area (Å²) in [6.07, 6.45) is -0.467. The summed E-state index contributed by atoms with van der Waals surface area (Å²) in [5, 5.41) is 2.88. The molecule has 0 saturated carbocycles. The predicted molar refractivity (Wildman–Crippen MR) is 72.2 cm³/mol. The van der Waals surface area contributed by atoms with Gasteiger partial charge >= 0.3 is 0 Å². The van der Waals surface area contributed by atoms with E-state index in [9.17, 15) is 13.6 Å². The second-order valence-electron chi connectivity index (χ2n) is 6.79. The van der Waals surface area contributed by atoms with Crippen LogP contribution in [0.5, 0.6) is 0 Å². The molecule has 0 spiro atoms. The van der Waals surface area contributed by atoms with Gasteiger partial charge in [0.25, 0.3) is 6.43 Å². The highest BCUT2D eigenvalue weighted by molar-refractivity contribution is 5.73. The van der Waals surface area contributed by atoms with E-state index in [0.717, 1.165) is 19.4 Å². The van der Waals surface area contributed by atoms with Crippen molar-refractivity contribution in [3.63, 3.8) is 0 Å². The molecule has 0 radical (unpaired) electrons. The van der Waals surface area contributed by atoms with Crippen LogP contribution < -0.4 is 5.32 Å². The average Bonchev–Trinajstić information content (AvgIpc) is 2.23. The molecular formula is C14H26F2N2O. The third-order valence-corrected chi connectivity index (χ3v) is 3.44. The van der Waals surface area contributed by atoms with E-state index < -0.39 is 6.43 Å². The summed E-state index contributed by atoms with van der Waals surface area (Å²) in [6.45, 7) is 9.05. The summed E-state index contributed by atoms with van der Waals surface area (Å²) in [4.78, 5) is 13.3. The molecule has 0 bridgehead atoms. The molecule has 5 heteroatoms. The maximum atomic E-state index is 12.3. The van der Waals surface area contributed by atoms with Gasteiger partial charge in [0.1, 0.15) is 0 Å². The van der Waals surface area contributed by atoms with Gasteiger partial charge in [-0.25, -0.2) is 8.78 Å². The Kier molecular flexibility index (Phi) is 5.71. The van der Waals surface area contributed by atoms with Gasteiger partial charge in [-0.05, 0) is 24.2 Å². The Balaban J connectivity index is 2.60. The van der Waals surface area contributed by atoms with Gasteiger partial charge < -0.3 is 10.2 Å². The van der Waals surface area contributed by atoms with Crippen LogP contribution in [0, 0.1) is 11.3 Å². The van der Waals surface area contributed by atoms with Crippen molar-refractivity contribution in [2.24, 2.45) is 11.3 Å². The zero-order valence-electron chi connectivity index (χ0n) is 12.4. The van der Waals surface area contributed by atoms with Gasteiger partial charge in [0, 0.05) is 26.1 Å². The number of hydrogen-bond acceptors (Lipinski definition) is 2. The van der Waals surface area contributed by atoms with Crippen molar-refractivity contribution in [3.8, 4) is 0 Å². The lowest BCUT2D eigenvalue weighted by Gasteiger charge is -2.40. The Morgan fingerprint density at radius 2 is 2.00 bits per heavy atom. The van der Waals surface area contributed by atoms with E-state index in [1.54, 1.807) is 11.8 Å². The SMILES string of the molecule is CC(=O)N1CC(CC(C)(C)C)CC(NCC(F)F)C1. The standard InChI is InChI=1S/C14H26F2N2O/c1-10(19)18-8-11(6-14(2,3)4)5-12(9-18)17-7-13(15)16/h11-13,17H,5-9H2,1-4H3. The van der Waals surface area contributed by atoms with Crippen molar-refractivity contribution in [3.05, 3.63) is 0 Å². The summed E-state index contributed by atoms with van der Waals surface area (Å²) in [5.74, 6) is 0.412. The second kappa shape index (κ2) is 6.64. The Morgan fingerprint density at radius 1 is 1.37 bits per heavy atom. The largest absolute Gasteiger partial charge is 0.341 e. The van der Waals surface area contributed by atoms with E-state index in [4.69, 9.17) is 0 Å². The quantitative estimate of drug-likeness (QED) is 0.855. The van der Waals surface area contributed by atoms with E-state index in [-0.39, 0.29) is 23.9 Å². The van der Waals surface area contributed by atoms with Crippen molar-refractivity contribution >= 4 is 5.91 Å². The van der Waals surface area contributed by atoms with Crippen molar-refractivity contribution in [2.45, 2.75) is 53.0 Å². The number of nitrogens with zero attached hydrogens (tertiary/aromatic N) is 1. The summed E-state index contributed by atoms with van der Waals surface area (Å²) >= 11 is 0. The number of carbonyl (C=O) groups excluding carboxylic acids is 1. The molecule has 1 N–H and O–H groups in total. The first kappa shape index (κ1) is 16.3. The van der Waals surface area contributed by atoms with E-state index in [1.165, 1.54) is 0 Å². The highest BCUT2D eigenvalue weighted by atomic mass is 19.3. The highest BCUT2D eigenvalue weighted by Crippen LogP contribution is 2.30. The van der Waals surface area contributed by atoms with Gasteiger partial charge in [0.15, 0.2) is 0 Å². The van der Waals surface area contributed by atoms with Gasteiger partial charge in [0.05, 0.1) is 6.54 Å². The van der Waals surface area contributed by atoms with Crippen LogP contribution >= 0.6 is 0 Å². The fourth-order valence-corrected chi connectivity index (χ4v) is 2.88. The number of rotatable bonds is 4. The molecule has 1 fully saturated rings. The molecule has 2 atom stereocenters. The molecule has 0 aromatic rings. The highest BCUT2D eigenvalue weighted by Gasteiger charge is 2.31. The summed E-state index contributed by atoms with van der Waals surface area (Å²) in [5.41, 5.74) is 0.192. The minimum atomic E-state index is -2.34. The molecule has 2 unspecified atom stereocenters. The lowest BCUT2D eigenvalue weighted by atomic mass is 9.80. The monoisotopic (exact) mass is 276 g/mol. The number of likely N-dealkylation sites (tertiary alicyclic amines) is 1. The van der Waals surface area contributed by atoms with Crippen molar-refractivity contribution < 1.29 is 13.6 Å². The van der Waals surface area contributed by atoms with Crippen LogP contribution in [0.15, 0.2) is 0 Å². The van der Waals surface area contributed by atoms with Crippen molar-refractivity contribution in [2.75, 3.05) is 19.6 Å². The van der Waals surface area contributed by atoms with E-state index in [1.807, 2.05) is 0 Å². The minimum Gasteiger partial charge on any atom is -0.341 e. The average molecular weight is 276 g/mol. The summed E-state index contributed by atoms with van der Waals surface area (Å²) in [7, 11) is 0. The zero-order valence-corrected chi connectivity index (χ0v) is 12.4. The van der Waals surface area contributed by atoms with E-state index in [2.05, 4.69) is 26.1 Å². The lowest BCUT2D eigenvalue weighted by molar-refractivity contribution is -0.131. The summed E-state index contributed by atoms with van der Waals surface area (Å²) < 4.78 is 24.5. The molecule has 1 rings (SSSR count). The molecule has 1 amide bonds. The van der Waals surface area contributed by atoms with Crippen LogP contribution in [-0.2, 0) is 4.79 Å². The normalized spacial score (nSPS) is 24.9. The van der Waals surface area contributed by atoms with Gasteiger partial charge in [-0.3, -0.25) is 4.79 Å². The van der Waals surface area contributed by atoms with Crippen molar-refractivity contribution in [1.82, 2.24) is 10.2 Å². The first-order valence-electron chi connectivity index (χ1n) is 6.94. The van der Waals surface area contributed by atoms with Gasteiger partial charge in [-0.15, -0.1) is 0 Å². The number of nitrogens with one attached hydrogen (secondary N) is 1. The Morgan fingerprint density at radius 3 is 2.47 bits per heavy atom. The molecule has 3 nitrogen and oxygen atoms in total. The summed E-state index contributed by atoms with van der Waals surface area (Å²) in [6, 6.07) is -0.0148. The number of hydrogen-bond donors (Lipinski definition) is 1. The topological polar surface area (TPSA) is 32.3 Å². The van der Waals surface area contributed by atoms with Gasteiger partial charge in [0.2, 0.25) is 5.91 Å². The van der Waals surface area contributed by atoms with Gasteiger partial charge in [-0.2, -0.15) is 0 Å². The second-order valence-corrected chi connectivity index (χ2v) is 6.79. The van der Waals surface area contributed by atoms with Crippen LogP contribution in [0.25, 0.3) is 0 Å². The Hall–Kier alpha value is -0.710. The number of carbonyl (C=O) groups is 1. The molecule has 0 aliphatic carbocycles. The number of piperidine rings is 1. The smallest absolute Gasteiger partial charge is 0.250 e. The van der Waals surface area contributed by atoms with Crippen LogP contribution in [0.3, 0.4) is 0 Å². The molecule has 19 heavy (non-hydrogen) atoms. The maximum Gasteiger partial charge on any atom is 0.250 e. The zero-order chi connectivity index (χ0) is 14.6. The number of halogens is 2. The number of alkyl halides is 2. The van der Waals surface area contributed by atoms with Crippen LogP contribution in [0.4, 0.5) is 8.78 Å². The first-order chi connectivity index (χ1) is 8.67. The molecule has 1 saturated heterocycles. The molecule has 1 aliphatic heterocycles. The van der Waals surface area contributed by atoms with E-state index in [0.29, 0.717) is 12.5 Å². The molecule has 112 valence electrons. The third-order valence-electron chi connectivity index (χ3n) is 3.44. The van der Waals surface area contributed by atoms with Crippen LogP contribution in [0.2, 0.25) is 0 Å². The minimum absolute atomic E-state index is 0.0148. The Labute approximate surface area is 114 Å². The molecule has 0 aromatic carbocycles. The fraction of sp³-hybridized carbons (Fsp3) is 0.929. The predicted octanol–water partition coefficient (Wildman–Crippen LogP) is 2.51.